The summed E-state index contributed by atoms with van der Waals surface area (Å²) < 4.78 is 1.72. The van der Waals surface area contributed by atoms with Crippen LogP contribution in [0.25, 0.3) is 0 Å². The highest BCUT2D eigenvalue weighted by atomic mass is 15.6. The minimum absolute atomic E-state index is 0.744. The Kier molecular flexibility index (Phi) is 5.20. The van der Waals surface area contributed by atoms with Crippen LogP contribution in [0.2, 0.25) is 0 Å². The highest BCUT2D eigenvalue weighted by molar-refractivity contribution is 4.56. The minimum Gasteiger partial charge on any atom is -0.303 e. The molecule has 6 heteroatoms. The lowest BCUT2D eigenvalue weighted by atomic mass is 10.4. The summed E-state index contributed by atoms with van der Waals surface area (Å²) in [5.74, 6) is 0. The summed E-state index contributed by atoms with van der Waals surface area (Å²) in [6, 6.07) is 0. The Balaban J connectivity index is 2.21. The normalized spacial score (nSPS) is 11.5. The summed E-state index contributed by atoms with van der Waals surface area (Å²) in [7, 11) is 2.07. The van der Waals surface area contributed by atoms with Crippen molar-refractivity contribution >= 4 is 0 Å². The number of aromatic nitrogens is 4. The molecule has 15 heavy (non-hydrogen) atoms. The fourth-order valence-electron chi connectivity index (χ4n) is 1.42. The molecule has 0 unspecified atom stereocenters. The van der Waals surface area contributed by atoms with Crippen LogP contribution in [0.5, 0.6) is 0 Å². The summed E-state index contributed by atoms with van der Waals surface area (Å²) in [6.45, 7) is 9.45. The van der Waals surface area contributed by atoms with E-state index in [2.05, 4.69) is 46.2 Å². The molecule has 0 N–H and O–H groups in total. The quantitative estimate of drug-likeness (QED) is 0.632. The van der Waals surface area contributed by atoms with Gasteiger partial charge in [-0.25, -0.2) is 4.68 Å². The van der Waals surface area contributed by atoms with Crippen molar-refractivity contribution in [1.29, 1.82) is 0 Å². The predicted octanol–water partition coefficient (Wildman–Crippen LogP) is -0.0958. The monoisotopic (exact) mass is 212 g/mol. The highest BCUT2D eigenvalue weighted by Gasteiger charge is 2.03. The molecule has 1 rings (SSSR count). The lowest BCUT2D eigenvalue weighted by molar-refractivity contribution is 0.203. The number of rotatable bonds is 7. The fourth-order valence-corrected chi connectivity index (χ4v) is 1.42. The van der Waals surface area contributed by atoms with E-state index in [1.54, 1.807) is 11.0 Å². The summed E-state index contributed by atoms with van der Waals surface area (Å²) in [5, 5.41) is 11.0. The molecule has 0 fully saturated rings. The average Bonchev–Trinajstić information content (AvgIpc) is 2.72. The van der Waals surface area contributed by atoms with Crippen molar-refractivity contribution in [3.05, 3.63) is 6.33 Å². The molecule has 0 saturated carbocycles. The van der Waals surface area contributed by atoms with Crippen molar-refractivity contribution in [2.24, 2.45) is 0 Å². The first-order valence-electron chi connectivity index (χ1n) is 5.38. The molecule has 0 aliphatic rings. The van der Waals surface area contributed by atoms with Gasteiger partial charge in [0.05, 0.1) is 6.67 Å². The fraction of sp³-hybridized carbons (Fsp3) is 0.889. The number of likely N-dealkylation sites (N-methyl/N-ethyl adjacent to an activating group) is 2. The highest BCUT2D eigenvalue weighted by Crippen LogP contribution is 1.91. The lowest BCUT2D eigenvalue weighted by Crippen LogP contribution is -2.34. The van der Waals surface area contributed by atoms with Gasteiger partial charge in [-0.3, -0.25) is 4.90 Å². The molecule has 0 saturated heterocycles. The van der Waals surface area contributed by atoms with Crippen LogP contribution in [0.3, 0.4) is 0 Å². The van der Waals surface area contributed by atoms with Gasteiger partial charge in [0.1, 0.15) is 6.33 Å². The Morgan fingerprint density at radius 3 is 2.47 bits per heavy atom. The van der Waals surface area contributed by atoms with Crippen molar-refractivity contribution in [2.75, 3.05) is 33.2 Å². The van der Waals surface area contributed by atoms with Gasteiger partial charge in [0.15, 0.2) is 0 Å². The Morgan fingerprint density at radius 2 is 1.93 bits per heavy atom. The van der Waals surface area contributed by atoms with E-state index in [9.17, 15) is 0 Å². The number of nitrogens with zero attached hydrogens (tertiary/aromatic N) is 6. The molecule has 0 aromatic carbocycles. The Labute approximate surface area is 90.9 Å². The van der Waals surface area contributed by atoms with E-state index < -0.39 is 0 Å². The zero-order chi connectivity index (χ0) is 11.1. The molecule has 0 radical (unpaired) electrons. The number of hydrogen-bond donors (Lipinski definition) is 0. The van der Waals surface area contributed by atoms with Crippen LogP contribution in [0.1, 0.15) is 13.8 Å². The molecule has 1 aromatic rings. The molecule has 86 valence electrons. The SMILES string of the molecule is CCN(CC)CCN(C)Cn1cnnn1. The van der Waals surface area contributed by atoms with E-state index >= 15 is 0 Å². The third-order valence-electron chi connectivity index (χ3n) is 2.47. The van der Waals surface area contributed by atoms with Gasteiger partial charge < -0.3 is 4.90 Å². The van der Waals surface area contributed by atoms with Gasteiger partial charge in [0.2, 0.25) is 0 Å². The van der Waals surface area contributed by atoms with Crippen LogP contribution in [-0.4, -0.2) is 63.2 Å². The van der Waals surface area contributed by atoms with Crippen molar-refractivity contribution in [3.63, 3.8) is 0 Å². The molecule has 1 heterocycles. The standard InChI is InChI=1S/C9H20N6/c1-4-14(5-2)7-6-13(3)9-15-8-10-11-12-15/h8H,4-7,9H2,1-3H3. The van der Waals surface area contributed by atoms with Crippen molar-refractivity contribution in [2.45, 2.75) is 20.5 Å². The maximum Gasteiger partial charge on any atom is 0.139 e. The Morgan fingerprint density at radius 1 is 1.20 bits per heavy atom. The smallest absolute Gasteiger partial charge is 0.139 e. The lowest BCUT2D eigenvalue weighted by Gasteiger charge is -2.22. The van der Waals surface area contributed by atoms with Crippen molar-refractivity contribution in [1.82, 2.24) is 30.0 Å². The van der Waals surface area contributed by atoms with Gasteiger partial charge in [-0.2, -0.15) is 0 Å². The minimum atomic E-state index is 0.744. The first kappa shape index (κ1) is 12.1. The van der Waals surface area contributed by atoms with Gasteiger partial charge in [0.25, 0.3) is 0 Å². The van der Waals surface area contributed by atoms with Crippen molar-refractivity contribution < 1.29 is 0 Å². The van der Waals surface area contributed by atoms with E-state index in [0.717, 1.165) is 32.8 Å². The molecule has 1 aromatic heterocycles. The number of hydrogen-bond acceptors (Lipinski definition) is 5. The van der Waals surface area contributed by atoms with E-state index in [4.69, 9.17) is 0 Å². The van der Waals surface area contributed by atoms with E-state index in [1.165, 1.54) is 0 Å². The number of tetrazole rings is 1. The zero-order valence-corrected chi connectivity index (χ0v) is 9.80. The van der Waals surface area contributed by atoms with Gasteiger partial charge in [-0.15, -0.1) is 5.10 Å². The van der Waals surface area contributed by atoms with E-state index in [1.807, 2.05) is 0 Å². The third kappa shape index (κ3) is 4.35. The molecule has 0 bridgehead atoms. The first-order valence-corrected chi connectivity index (χ1v) is 5.38. The second-order valence-electron chi connectivity index (χ2n) is 3.60. The van der Waals surface area contributed by atoms with Crippen LogP contribution < -0.4 is 0 Å². The van der Waals surface area contributed by atoms with E-state index in [0.29, 0.717) is 0 Å². The predicted molar refractivity (Wildman–Crippen MR) is 58.2 cm³/mol. The topological polar surface area (TPSA) is 50.1 Å². The summed E-state index contributed by atoms with van der Waals surface area (Å²) in [5.41, 5.74) is 0. The maximum atomic E-state index is 3.82. The molecule has 0 aliphatic heterocycles. The zero-order valence-electron chi connectivity index (χ0n) is 9.80. The van der Waals surface area contributed by atoms with Gasteiger partial charge in [-0.1, -0.05) is 13.8 Å². The molecule has 0 atom stereocenters. The van der Waals surface area contributed by atoms with Crippen LogP contribution in [0, 0.1) is 0 Å². The molecule has 0 aliphatic carbocycles. The summed E-state index contributed by atoms with van der Waals surface area (Å²) in [4.78, 5) is 4.60. The summed E-state index contributed by atoms with van der Waals surface area (Å²) >= 11 is 0. The first-order chi connectivity index (χ1) is 7.26. The molecule has 0 spiro atoms. The van der Waals surface area contributed by atoms with Gasteiger partial charge in [0, 0.05) is 13.1 Å². The second kappa shape index (κ2) is 6.47. The molecular weight excluding hydrogens is 192 g/mol. The third-order valence-corrected chi connectivity index (χ3v) is 2.47. The largest absolute Gasteiger partial charge is 0.303 e. The van der Waals surface area contributed by atoms with Crippen molar-refractivity contribution in [3.8, 4) is 0 Å². The molecule has 6 nitrogen and oxygen atoms in total. The van der Waals surface area contributed by atoms with Crippen LogP contribution >= 0.6 is 0 Å². The van der Waals surface area contributed by atoms with Crippen LogP contribution in [-0.2, 0) is 6.67 Å². The Hall–Kier alpha value is -1.01. The van der Waals surface area contributed by atoms with Gasteiger partial charge >= 0.3 is 0 Å². The molecular formula is C9H20N6. The van der Waals surface area contributed by atoms with E-state index in [-0.39, 0.29) is 0 Å². The molecule has 0 amide bonds. The average molecular weight is 212 g/mol. The Bertz CT molecular complexity index is 243. The van der Waals surface area contributed by atoms with Crippen LogP contribution in [0.4, 0.5) is 0 Å². The van der Waals surface area contributed by atoms with Crippen LogP contribution in [0.15, 0.2) is 6.33 Å². The second-order valence-corrected chi connectivity index (χ2v) is 3.60. The van der Waals surface area contributed by atoms with Gasteiger partial charge in [-0.05, 0) is 30.6 Å². The maximum absolute atomic E-state index is 3.82. The summed E-state index contributed by atoms with van der Waals surface area (Å²) in [6.07, 6.45) is 1.63.